The third-order valence-electron chi connectivity index (χ3n) is 1.95. The summed E-state index contributed by atoms with van der Waals surface area (Å²) < 4.78 is 50.2. The van der Waals surface area contributed by atoms with E-state index in [1.54, 1.807) is 0 Å². The minimum absolute atomic E-state index is 0.608. The molecule has 0 aromatic heterocycles. The monoisotopic (exact) mass is 218 g/mol. The van der Waals surface area contributed by atoms with Gasteiger partial charge in [0.2, 0.25) is 0 Å². The Morgan fingerprint density at radius 1 is 1.07 bits per heavy atom. The van der Waals surface area contributed by atoms with E-state index >= 15 is 0 Å². The van der Waals surface area contributed by atoms with Crippen LogP contribution in [0.1, 0.15) is 27.2 Å². The van der Waals surface area contributed by atoms with Crippen LogP contribution in [-0.4, -0.2) is 33.8 Å². The van der Waals surface area contributed by atoms with E-state index in [0.29, 0.717) is 6.92 Å². The van der Waals surface area contributed by atoms with E-state index in [0.717, 1.165) is 13.8 Å². The molecule has 0 bridgehead atoms. The molecule has 0 aromatic rings. The number of hydrogen-bond donors (Lipinski definition) is 2. The van der Waals surface area contributed by atoms with E-state index in [-0.39, 0.29) is 0 Å². The molecule has 86 valence electrons. The number of rotatable bonds is 4. The molecule has 0 fully saturated rings. The van der Waals surface area contributed by atoms with Gasteiger partial charge in [-0.15, -0.1) is 0 Å². The maximum atomic E-state index is 13.0. The standard InChI is InChI=1S/C8H14F4O2/c1-6(2,13)8(11,12)4-7(3,14)5(9)10/h5,13-14H,4H2,1-3H3. The van der Waals surface area contributed by atoms with E-state index in [2.05, 4.69) is 0 Å². The maximum Gasteiger partial charge on any atom is 0.278 e. The average molecular weight is 218 g/mol. The summed E-state index contributed by atoms with van der Waals surface area (Å²) in [6.45, 7) is 2.21. The second kappa shape index (κ2) is 3.66. The van der Waals surface area contributed by atoms with Crippen molar-refractivity contribution in [3.05, 3.63) is 0 Å². The summed E-state index contributed by atoms with van der Waals surface area (Å²) >= 11 is 0. The fourth-order valence-corrected chi connectivity index (χ4v) is 0.743. The molecular formula is C8H14F4O2. The van der Waals surface area contributed by atoms with Gasteiger partial charge in [0.15, 0.2) is 0 Å². The molecule has 0 aliphatic heterocycles. The molecule has 2 nitrogen and oxygen atoms in total. The Labute approximate surface area is 79.5 Å². The molecule has 1 unspecified atom stereocenters. The van der Waals surface area contributed by atoms with Crippen LogP contribution >= 0.6 is 0 Å². The SMILES string of the molecule is CC(O)(CC(F)(F)C(C)(C)O)C(F)F. The first-order chi connectivity index (χ1) is 5.90. The Bertz CT molecular complexity index is 196. The van der Waals surface area contributed by atoms with E-state index in [9.17, 15) is 17.6 Å². The molecule has 6 heteroatoms. The van der Waals surface area contributed by atoms with Crippen molar-refractivity contribution in [2.24, 2.45) is 0 Å². The van der Waals surface area contributed by atoms with Gasteiger partial charge >= 0.3 is 0 Å². The summed E-state index contributed by atoms with van der Waals surface area (Å²) in [6, 6.07) is 0. The highest BCUT2D eigenvalue weighted by atomic mass is 19.3. The topological polar surface area (TPSA) is 40.5 Å². The molecule has 0 saturated carbocycles. The predicted molar refractivity (Wildman–Crippen MR) is 42.5 cm³/mol. The normalized spacial score (nSPS) is 18.4. The maximum absolute atomic E-state index is 13.0. The van der Waals surface area contributed by atoms with Gasteiger partial charge in [0.05, 0.1) is 0 Å². The van der Waals surface area contributed by atoms with Crippen LogP contribution in [0.4, 0.5) is 17.6 Å². The van der Waals surface area contributed by atoms with Crippen molar-refractivity contribution in [2.75, 3.05) is 0 Å². The van der Waals surface area contributed by atoms with Gasteiger partial charge in [0.1, 0.15) is 11.2 Å². The lowest BCUT2D eigenvalue weighted by atomic mass is 9.89. The highest BCUT2D eigenvalue weighted by Crippen LogP contribution is 2.37. The Morgan fingerprint density at radius 2 is 1.43 bits per heavy atom. The molecule has 0 saturated heterocycles. The zero-order chi connectivity index (χ0) is 11.8. The van der Waals surface area contributed by atoms with E-state index in [1.165, 1.54) is 0 Å². The van der Waals surface area contributed by atoms with Crippen molar-refractivity contribution in [2.45, 2.75) is 50.7 Å². The summed E-state index contributed by atoms with van der Waals surface area (Å²) in [5, 5.41) is 17.9. The van der Waals surface area contributed by atoms with Gasteiger partial charge in [-0.1, -0.05) is 0 Å². The predicted octanol–water partition coefficient (Wildman–Crippen LogP) is 1.80. The van der Waals surface area contributed by atoms with Crippen molar-refractivity contribution >= 4 is 0 Å². The quantitative estimate of drug-likeness (QED) is 0.706. The third kappa shape index (κ3) is 3.09. The van der Waals surface area contributed by atoms with Crippen molar-refractivity contribution in [3.8, 4) is 0 Å². The first-order valence-corrected chi connectivity index (χ1v) is 4.01. The minimum atomic E-state index is -3.77. The lowest BCUT2D eigenvalue weighted by Crippen LogP contribution is -2.50. The molecule has 0 heterocycles. The lowest BCUT2D eigenvalue weighted by Gasteiger charge is -2.34. The van der Waals surface area contributed by atoms with Gasteiger partial charge in [0, 0.05) is 6.42 Å². The average Bonchev–Trinajstić information content (AvgIpc) is 1.80. The molecule has 0 aromatic carbocycles. The second-order valence-corrected chi connectivity index (χ2v) is 4.10. The van der Waals surface area contributed by atoms with Crippen molar-refractivity contribution in [1.29, 1.82) is 0 Å². The van der Waals surface area contributed by atoms with E-state index in [1.807, 2.05) is 0 Å². The summed E-state index contributed by atoms with van der Waals surface area (Å²) in [4.78, 5) is 0. The van der Waals surface area contributed by atoms with E-state index in [4.69, 9.17) is 10.2 Å². The van der Waals surface area contributed by atoms with Gasteiger partial charge < -0.3 is 10.2 Å². The fourth-order valence-electron chi connectivity index (χ4n) is 0.743. The molecule has 1 atom stereocenters. The molecule has 0 aliphatic carbocycles. The highest BCUT2D eigenvalue weighted by Gasteiger charge is 2.52. The molecule has 0 radical (unpaired) electrons. The summed E-state index contributed by atoms with van der Waals surface area (Å²) in [5.74, 6) is -3.77. The Morgan fingerprint density at radius 3 is 1.64 bits per heavy atom. The zero-order valence-corrected chi connectivity index (χ0v) is 8.19. The fraction of sp³-hybridized carbons (Fsp3) is 1.00. The van der Waals surface area contributed by atoms with Gasteiger partial charge in [-0.3, -0.25) is 0 Å². The second-order valence-electron chi connectivity index (χ2n) is 4.10. The summed E-state index contributed by atoms with van der Waals surface area (Å²) in [7, 11) is 0. The van der Waals surface area contributed by atoms with Crippen LogP contribution in [0.5, 0.6) is 0 Å². The smallest absolute Gasteiger partial charge is 0.278 e. The summed E-state index contributed by atoms with van der Waals surface area (Å²) in [6.07, 6.45) is -4.77. The van der Waals surface area contributed by atoms with Gasteiger partial charge in [-0.05, 0) is 20.8 Å². The van der Waals surface area contributed by atoms with Crippen molar-refractivity contribution in [3.63, 3.8) is 0 Å². The Balaban J connectivity index is 4.67. The van der Waals surface area contributed by atoms with Gasteiger partial charge in [-0.25, -0.2) is 17.6 Å². The number of halogens is 4. The molecule has 0 spiro atoms. The van der Waals surface area contributed by atoms with Gasteiger partial charge in [0.25, 0.3) is 12.3 Å². The molecule has 0 aliphatic rings. The lowest BCUT2D eigenvalue weighted by molar-refractivity contribution is -0.210. The number of aliphatic hydroxyl groups is 2. The number of hydrogen-bond acceptors (Lipinski definition) is 2. The number of alkyl halides is 4. The highest BCUT2D eigenvalue weighted by molar-refractivity contribution is 4.92. The molecule has 0 rings (SSSR count). The first-order valence-electron chi connectivity index (χ1n) is 4.01. The summed E-state index contributed by atoms with van der Waals surface area (Å²) in [5.41, 5.74) is -5.24. The third-order valence-corrected chi connectivity index (χ3v) is 1.95. The van der Waals surface area contributed by atoms with Crippen LogP contribution in [0.15, 0.2) is 0 Å². The largest absolute Gasteiger partial charge is 0.384 e. The van der Waals surface area contributed by atoms with Crippen molar-refractivity contribution in [1.82, 2.24) is 0 Å². The van der Waals surface area contributed by atoms with Crippen LogP contribution in [0.25, 0.3) is 0 Å². The van der Waals surface area contributed by atoms with Gasteiger partial charge in [-0.2, -0.15) is 0 Å². The molecule has 14 heavy (non-hydrogen) atoms. The van der Waals surface area contributed by atoms with Crippen LogP contribution in [0.2, 0.25) is 0 Å². The van der Waals surface area contributed by atoms with E-state index < -0.39 is 30.0 Å². The molecule has 0 amide bonds. The van der Waals surface area contributed by atoms with Crippen LogP contribution in [0, 0.1) is 0 Å². The van der Waals surface area contributed by atoms with Crippen LogP contribution in [-0.2, 0) is 0 Å². The Kier molecular flexibility index (Phi) is 3.56. The molecule has 2 N–H and O–H groups in total. The zero-order valence-electron chi connectivity index (χ0n) is 8.19. The first kappa shape index (κ1) is 13.6. The minimum Gasteiger partial charge on any atom is -0.384 e. The molecular weight excluding hydrogens is 204 g/mol. The van der Waals surface area contributed by atoms with Crippen molar-refractivity contribution < 1.29 is 27.8 Å². The Hall–Kier alpha value is -0.360. The van der Waals surface area contributed by atoms with Crippen LogP contribution in [0.3, 0.4) is 0 Å². The van der Waals surface area contributed by atoms with Crippen LogP contribution < -0.4 is 0 Å².